The fourth-order valence-electron chi connectivity index (χ4n) is 4.40. The summed E-state index contributed by atoms with van der Waals surface area (Å²) in [6, 6.07) is 25.0. The highest BCUT2D eigenvalue weighted by atomic mass is 35.5. The van der Waals surface area contributed by atoms with Crippen molar-refractivity contribution in [3.05, 3.63) is 112 Å². The van der Waals surface area contributed by atoms with E-state index < -0.39 is 6.04 Å². The lowest BCUT2D eigenvalue weighted by Gasteiger charge is -2.28. The first-order chi connectivity index (χ1) is 19.5. The van der Waals surface area contributed by atoms with Crippen LogP contribution in [0.25, 0.3) is 0 Å². The van der Waals surface area contributed by atoms with Gasteiger partial charge in [0.1, 0.15) is 18.4 Å². The van der Waals surface area contributed by atoms with Crippen molar-refractivity contribution in [2.24, 2.45) is 0 Å². The minimum atomic E-state index is -0.499. The number of nitrogens with zero attached hydrogens (tertiary/aromatic N) is 3. The summed E-state index contributed by atoms with van der Waals surface area (Å²) in [4.78, 5) is 18.1. The van der Waals surface area contributed by atoms with Crippen LogP contribution in [0.3, 0.4) is 0 Å². The first kappa shape index (κ1) is 27.8. The number of thioether (sulfide) groups is 1. The molecule has 2 heterocycles. The van der Waals surface area contributed by atoms with Gasteiger partial charge in [0.15, 0.2) is 0 Å². The average Bonchev–Trinajstić information content (AvgIpc) is 3.38. The zero-order valence-corrected chi connectivity index (χ0v) is 24.0. The molecule has 0 amide bonds. The maximum Gasteiger partial charge on any atom is 0.338 e. The molecule has 1 aromatic heterocycles. The number of nitrogens with one attached hydrogen (secondary N) is 1. The number of anilines is 1. The Labute approximate surface area is 243 Å². The first-order valence-corrected chi connectivity index (χ1v) is 14.6. The zero-order chi connectivity index (χ0) is 27.9. The number of rotatable bonds is 11. The predicted molar refractivity (Wildman–Crippen MR) is 159 cm³/mol. The molecule has 1 aliphatic heterocycles. The average molecular weight is 575 g/mol. The second-order valence-corrected chi connectivity index (χ2v) is 10.8. The molecule has 9 heteroatoms. The molecule has 1 unspecified atom stereocenters. The normalized spacial score (nSPS) is 14.4. The molecule has 3 aromatic carbocycles. The second-order valence-electron chi connectivity index (χ2n) is 9.44. The maximum absolute atomic E-state index is 13.3. The van der Waals surface area contributed by atoms with Gasteiger partial charge in [-0.1, -0.05) is 97.4 Å². The number of aromatic nitrogens is 3. The summed E-state index contributed by atoms with van der Waals surface area (Å²) in [6.07, 6.45) is 1.75. The van der Waals surface area contributed by atoms with Crippen molar-refractivity contribution in [3.63, 3.8) is 0 Å². The SMILES string of the molecule is CCCCOC(=O)C1=C(C)Nc2nc(SCc3ccccc3)nn2C1c1ccc(OCc2ccccc2Cl)cc1. The number of hydrogen-bond acceptors (Lipinski definition) is 7. The monoisotopic (exact) mass is 574 g/mol. The number of carbonyl (C=O) groups is 1. The molecule has 4 aromatic rings. The highest BCUT2D eigenvalue weighted by molar-refractivity contribution is 7.98. The molecule has 0 fully saturated rings. The lowest BCUT2D eigenvalue weighted by Crippen LogP contribution is -2.29. The number of hydrogen-bond donors (Lipinski definition) is 1. The van der Waals surface area contributed by atoms with Gasteiger partial charge in [0, 0.05) is 22.0 Å². The summed E-state index contributed by atoms with van der Waals surface area (Å²) in [7, 11) is 0. The van der Waals surface area contributed by atoms with Gasteiger partial charge >= 0.3 is 5.97 Å². The van der Waals surface area contributed by atoms with Crippen LogP contribution in [0.2, 0.25) is 5.02 Å². The van der Waals surface area contributed by atoms with Gasteiger partial charge in [-0.3, -0.25) is 0 Å². The van der Waals surface area contributed by atoms with Crippen molar-refractivity contribution in [2.75, 3.05) is 11.9 Å². The van der Waals surface area contributed by atoms with Crippen LogP contribution >= 0.6 is 23.4 Å². The molecule has 0 aliphatic carbocycles. The van der Waals surface area contributed by atoms with Crippen molar-refractivity contribution < 1.29 is 14.3 Å². The lowest BCUT2D eigenvalue weighted by molar-refractivity contribution is -0.139. The van der Waals surface area contributed by atoms with Crippen LogP contribution in [-0.4, -0.2) is 27.3 Å². The smallest absolute Gasteiger partial charge is 0.338 e. The van der Waals surface area contributed by atoms with Crippen molar-refractivity contribution in [1.29, 1.82) is 0 Å². The maximum atomic E-state index is 13.3. The second kappa shape index (κ2) is 13.1. The van der Waals surface area contributed by atoms with Gasteiger partial charge in [-0.2, -0.15) is 4.98 Å². The van der Waals surface area contributed by atoms with Crippen molar-refractivity contribution >= 4 is 35.3 Å². The van der Waals surface area contributed by atoms with Gasteiger partial charge in [-0.05, 0) is 42.7 Å². The van der Waals surface area contributed by atoms with Crippen LogP contribution < -0.4 is 10.1 Å². The van der Waals surface area contributed by atoms with Gasteiger partial charge in [-0.15, -0.1) is 5.10 Å². The minimum Gasteiger partial charge on any atom is -0.489 e. The molecular formula is C31H31ClN4O3S. The van der Waals surface area contributed by atoms with E-state index in [1.807, 2.05) is 73.7 Å². The van der Waals surface area contributed by atoms with E-state index in [2.05, 4.69) is 24.4 Å². The largest absolute Gasteiger partial charge is 0.489 e. The Morgan fingerprint density at radius 3 is 2.55 bits per heavy atom. The quantitative estimate of drug-likeness (QED) is 0.113. The molecule has 1 N–H and O–H groups in total. The standard InChI is InChI=1S/C31H31ClN4O3S/c1-3-4-18-38-29(37)27-21(2)33-30-34-31(40-20-22-10-6-5-7-11-22)35-36(30)28(27)23-14-16-25(17-15-23)39-19-24-12-8-9-13-26(24)32/h5-17,28H,3-4,18-20H2,1-2H3,(H,33,34,35). The fraction of sp³-hybridized carbons (Fsp3) is 0.258. The van der Waals surface area contributed by atoms with Gasteiger partial charge in [0.05, 0.1) is 12.2 Å². The van der Waals surface area contributed by atoms with E-state index >= 15 is 0 Å². The number of carbonyl (C=O) groups excluding carboxylic acids is 1. The van der Waals surface area contributed by atoms with Gasteiger partial charge in [0.25, 0.3) is 0 Å². The molecule has 0 radical (unpaired) electrons. The summed E-state index contributed by atoms with van der Waals surface area (Å²) < 4.78 is 13.4. The number of allylic oxidation sites excluding steroid dienone is 1. The van der Waals surface area contributed by atoms with Crippen molar-refractivity contribution in [2.45, 2.75) is 50.2 Å². The summed E-state index contributed by atoms with van der Waals surface area (Å²) in [6.45, 7) is 4.67. The van der Waals surface area contributed by atoms with E-state index in [-0.39, 0.29) is 5.97 Å². The molecule has 40 heavy (non-hydrogen) atoms. The Balaban J connectivity index is 1.41. The minimum absolute atomic E-state index is 0.357. The predicted octanol–water partition coefficient (Wildman–Crippen LogP) is 7.44. The highest BCUT2D eigenvalue weighted by Gasteiger charge is 2.35. The van der Waals surface area contributed by atoms with Crippen molar-refractivity contribution in [3.8, 4) is 5.75 Å². The first-order valence-electron chi connectivity index (χ1n) is 13.3. The Morgan fingerprint density at radius 2 is 1.80 bits per heavy atom. The number of benzene rings is 3. The van der Waals surface area contributed by atoms with E-state index in [9.17, 15) is 4.79 Å². The number of halogens is 1. The van der Waals surface area contributed by atoms with Gasteiger partial charge in [0.2, 0.25) is 11.1 Å². The van der Waals surface area contributed by atoms with Crippen LogP contribution in [0.15, 0.2) is 95.3 Å². The molecule has 0 bridgehead atoms. The summed E-state index contributed by atoms with van der Waals surface area (Å²) in [5.74, 6) is 1.66. The molecule has 0 saturated carbocycles. The highest BCUT2D eigenvalue weighted by Crippen LogP contribution is 2.37. The molecule has 7 nitrogen and oxygen atoms in total. The number of unbranched alkanes of at least 4 members (excludes halogenated alkanes) is 1. The van der Waals surface area contributed by atoms with Crippen LogP contribution in [0.1, 0.15) is 49.4 Å². The third-order valence-electron chi connectivity index (χ3n) is 6.54. The molecule has 1 atom stereocenters. The van der Waals surface area contributed by atoms with E-state index in [4.69, 9.17) is 31.2 Å². The van der Waals surface area contributed by atoms with E-state index in [0.29, 0.717) is 46.4 Å². The number of fused-ring (bicyclic) bond motifs is 1. The molecule has 1 aliphatic rings. The molecule has 0 saturated heterocycles. The van der Waals surface area contributed by atoms with Crippen molar-refractivity contribution in [1.82, 2.24) is 14.8 Å². The molecular weight excluding hydrogens is 544 g/mol. The van der Waals surface area contributed by atoms with Crippen LogP contribution in [0.4, 0.5) is 5.95 Å². The Kier molecular flexibility index (Phi) is 9.08. The Morgan fingerprint density at radius 1 is 1.05 bits per heavy atom. The molecule has 0 spiro atoms. The van der Waals surface area contributed by atoms with E-state index in [0.717, 1.165) is 29.7 Å². The summed E-state index contributed by atoms with van der Waals surface area (Å²) in [5.41, 5.74) is 4.18. The van der Waals surface area contributed by atoms with E-state index in [1.165, 1.54) is 5.56 Å². The third kappa shape index (κ3) is 6.51. The third-order valence-corrected chi connectivity index (χ3v) is 7.82. The summed E-state index contributed by atoms with van der Waals surface area (Å²) in [5, 5.41) is 9.38. The number of ether oxygens (including phenoxy) is 2. The fourth-order valence-corrected chi connectivity index (χ4v) is 5.37. The van der Waals surface area contributed by atoms with Crippen LogP contribution in [0.5, 0.6) is 5.75 Å². The lowest BCUT2D eigenvalue weighted by atomic mass is 9.96. The molecule has 206 valence electrons. The summed E-state index contributed by atoms with van der Waals surface area (Å²) >= 11 is 7.83. The Bertz CT molecular complexity index is 1490. The zero-order valence-electron chi connectivity index (χ0n) is 22.5. The topological polar surface area (TPSA) is 78.3 Å². The van der Waals surface area contributed by atoms with Gasteiger partial charge in [-0.25, -0.2) is 9.48 Å². The van der Waals surface area contributed by atoms with Gasteiger partial charge < -0.3 is 14.8 Å². The van der Waals surface area contributed by atoms with Crippen LogP contribution in [0, 0.1) is 0 Å². The Hall–Kier alpha value is -3.75. The van der Waals surface area contributed by atoms with E-state index in [1.54, 1.807) is 16.4 Å². The molecule has 5 rings (SSSR count). The number of esters is 1. The van der Waals surface area contributed by atoms with Crippen LogP contribution in [-0.2, 0) is 21.9 Å².